The molecule has 1 atom stereocenters. The van der Waals surface area contributed by atoms with Gasteiger partial charge in [0.15, 0.2) is 0 Å². The Morgan fingerprint density at radius 1 is 1.08 bits per heavy atom. The first-order chi connectivity index (χ1) is 12.0. The average molecular weight is 339 g/mol. The highest BCUT2D eigenvalue weighted by molar-refractivity contribution is 5.77. The number of hydrogen-bond acceptors (Lipinski definition) is 3. The lowest BCUT2D eigenvalue weighted by Crippen LogP contribution is -2.31. The SMILES string of the molecule is CC(C)CN[C@H](C)c1nc2ccccc2c(=O)n1-c1ccc(F)cc1. The molecule has 0 aliphatic carbocycles. The number of fused-ring (bicyclic) bond motifs is 1. The Bertz CT molecular complexity index is 932. The van der Waals surface area contributed by atoms with E-state index in [1.54, 1.807) is 22.8 Å². The van der Waals surface area contributed by atoms with Crippen molar-refractivity contribution in [1.82, 2.24) is 14.9 Å². The molecule has 1 N–H and O–H groups in total. The summed E-state index contributed by atoms with van der Waals surface area (Å²) in [5.41, 5.74) is 1.13. The van der Waals surface area contributed by atoms with Crippen LogP contribution < -0.4 is 10.9 Å². The molecule has 3 aromatic rings. The van der Waals surface area contributed by atoms with Gasteiger partial charge >= 0.3 is 0 Å². The van der Waals surface area contributed by atoms with Gasteiger partial charge in [-0.3, -0.25) is 9.36 Å². The van der Waals surface area contributed by atoms with Crippen LogP contribution in [-0.2, 0) is 0 Å². The minimum atomic E-state index is -0.335. The summed E-state index contributed by atoms with van der Waals surface area (Å²) in [6.45, 7) is 7.05. The van der Waals surface area contributed by atoms with Gasteiger partial charge in [0, 0.05) is 0 Å². The number of halogens is 1. The Morgan fingerprint density at radius 3 is 2.44 bits per heavy atom. The summed E-state index contributed by atoms with van der Waals surface area (Å²) < 4.78 is 14.9. The van der Waals surface area contributed by atoms with Crippen LogP contribution in [0.15, 0.2) is 53.3 Å². The minimum absolute atomic E-state index is 0.121. The summed E-state index contributed by atoms with van der Waals surface area (Å²) in [5, 5.41) is 3.96. The maximum Gasteiger partial charge on any atom is 0.266 e. The fourth-order valence-electron chi connectivity index (χ4n) is 2.78. The molecule has 25 heavy (non-hydrogen) atoms. The zero-order chi connectivity index (χ0) is 18.0. The second-order valence-electron chi connectivity index (χ2n) is 6.63. The molecule has 0 bridgehead atoms. The highest BCUT2D eigenvalue weighted by Gasteiger charge is 2.17. The molecule has 130 valence electrons. The van der Waals surface area contributed by atoms with Gasteiger partial charge < -0.3 is 5.32 Å². The Hall–Kier alpha value is -2.53. The first-order valence-corrected chi connectivity index (χ1v) is 8.48. The van der Waals surface area contributed by atoms with Crippen LogP contribution in [0.5, 0.6) is 0 Å². The molecule has 0 aliphatic heterocycles. The van der Waals surface area contributed by atoms with E-state index >= 15 is 0 Å². The molecule has 5 heteroatoms. The molecule has 1 heterocycles. The molecule has 0 saturated heterocycles. The summed E-state index contributed by atoms with van der Waals surface area (Å²) in [6.07, 6.45) is 0. The van der Waals surface area contributed by atoms with Crippen molar-refractivity contribution in [2.45, 2.75) is 26.8 Å². The van der Waals surface area contributed by atoms with Crippen LogP contribution in [-0.4, -0.2) is 16.1 Å². The van der Waals surface area contributed by atoms with Crippen molar-refractivity contribution >= 4 is 10.9 Å². The van der Waals surface area contributed by atoms with Crippen LogP contribution in [0.1, 0.15) is 32.6 Å². The second kappa shape index (κ2) is 7.15. The van der Waals surface area contributed by atoms with E-state index in [-0.39, 0.29) is 17.4 Å². The van der Waals surface area contributed by atoms with Crippen molar-refractivity contribution < 1.29 is 4.39 Å². The quantitative estimate of drug-likeness (QED) is 0.768. The molecular weight excluding hydrogens is 317 g/mol. The van der Waals surface area contributed by atoms with Gasteiger partial charge in [0.25, 0.3) is 5.56 Å². The number of rotatable bonds is 5. The molecule has 3 rings (SSSR count). The summed E-state index contributed by atoms with van der Waals surface area (Å²) in [6, 6.07) is 13.1. The fourth-order valence-corrected chi connectivity index (χ4v) is 2.78. The van der Waals surface area contributed by atoms with E-state index in [2.05, 4.69) is 19.2 Å². The van der Waals surface area contributed by atoms with Crippen molar-refractivity contribution in [2.24, 2.45) is 5.92 Å². The van der Waals surface area contributed by atoms with Gasteiger partial charge in [-0.1, -0.05) is 26.0 Å². The predicted octanol–water partition coefficient (Wildman–Crippen LogP) is 3.83. The topological polar surface area (TPSA) is 46.9 Å². The zero-order valence-corrected chi connectivity index (χ0v) is 14.7. The van der Waals surface area contributed by atoms with Gasteiger partial charge in [-0.25, -0.2) is 9.37 Å². The Balaban J connectivity index is 2.20. The number of nitrogens with one attached hydrogen (secondary N) is 1. The van der Waals surface area contributed by atoms with Crippen LogP contribution in [0.2, 0.25) is 0 Å². The second-order valence-corrected chi connectivity index (χ2v) is 6.63. The number of para-hydroxylation sites is 1. The molecule has 0 spiro atoms. The molecule has 0 radical (unpaired) electrons. The van der Waals surface area contributed by atoms with E-state index < -0.39 is 0 Å². The maximum atomic E-state index is 13.3. The predicted molar refractivity (Wildman–Crippen MR) is 98.6 cm³/mol. The largest absolute Gasteiger partial charge is 0.307 e. The Labute approximate surface area is 146 Å². The lowest BCUT2D eigenvalue weighted by molar-refractivity contribution is 0.475. The fraction of sp³-hybridized carbons (Fsp3) is 0.300. The third kappa shape index (κ3) is 3.61. The first kappa shape index (κ1) is 17.3. The normalized spacial score (nSPS) is 12.7. The summed E-state index contributed by atoms with van der Waals surface area (Å²) in [4.78, 5) is 17.8. The number of nitrogens with zero attached hydrogens (tertiary/aromatic N) is 2. The summed E-state index contributed by atoms with van der Waals surface area (Å²) >= 11 is 0. The van der Waals surface area contributed by atoms with Crippen molar-refractivity contribution in [2.75, 3.05) is 6.54 Å². The van der Waals surface area contributed by atoms with Gasteiger partial charge in [0.2, 0.25) is 0 Å². The van der Waals surface area contributed by atoms with Crippen LogP contribution in [0.4, 0.5) is 4.39 Å². The van der Waals surface area contributed by atoms with Gasteiger partial charge in [-0.2, -0.15) is 0 Å². The molecule has 0 amide bonds. The molecule has 0 saturated carbocycles. The van der Waals surface area contributed by atoms with Crippen molar-refractivity contribution in [3.05, 3.63) is 70.5 Å². The third-order valence-corrected chi connectivity index (χ3v) is 4.11. The molecule has 0 unspecified atom stereocenters. The lowest BCUT2D eigenvalue weighted by atomic mass is 10.1. The monoisotopic (exact) mass is 339 g/mol. The van der Waals surface area contributed by atoms with Crippen molar-refractivity contribution in [1.29, 1.82) is 0 Å². The highest BCUT2D eigenvalue weighted by Crippen LogP contribution is 2.18. The summed E-state index contributed by atoms with van der Waals surface area (Å²) in [7, 11) is 0. The molecule has 1 aromatic heterocycles. The van der Waals surface area contributed by atoms with Crippen molar-refractivity contribution in [3.63, 3.8) is 0 Å². The molecule has 0 aliphatic rings. The highest BCUT2D eigenvalue weighted by atomic mass is 19.1. The van der Waals surface area contributed by atoms with Gasteiger partial charge in [0.1, 0.15) is 11.6 Å². The molecule has 0 fully saturated rings. The maximum absolute atomic E-state index is 13.3. The average Bonchev–Trinajstić information content (AvgIpc) is 2.60. The van der Waals surface area contributed by atoms with E-state index in [4.69, 9.17) is 4.98 Å². The summed E-state index contributed by atoms with van der Waals surface area (Å²) in [5.74, 6) is 0.767. The van der Waals surface area contributed by atoms with E-state index in [1.165, 1.54) is 12.1 Å². The minimum Gasteiger partial charge on any atom is -0.307 e. The van der Waals surface area contributed by atoms with Crippen LogP contribution in [0.25, 0.3) is 16.6 Å². The molecular formula is C20H22FN3O. The zero-order valence-electron chi connectivity index (χ0n) is 14.7. The number of benzene rings is 2. The first-order valence-electron chi connectivity index (χ1n) is 8.48. The third-order valence-electron chi connectivity index (χ3n) is 4.11. The van der Waals surface area contributed by atoms with Crippen LogP contribution in [0, 0.1) is 11.7 Å². The smallest absolute Gasteiger partial charge is 0.266 e. The van der Waals surface area contributed by atoms with E-state index in [1.807, 2.05) is 25.1 Å². The standard InChI is InChI=1S/C20H22FN3O/c1-13(2)12-22-14(3)19-23-18-7-5-4-6-17(18)20(25)24(19)16-10-8-15(21)9-11-16/h4-11,13-14,22H,12H2,1-3H3/t14-/m1/s1. The van der Waals surface area contributed by atoms with E-state index in [0.29, 0.717) is 28.3 Å². The van der Waals surface area contributed by atoms with Gasteiger partial charge in [-0.05, 0) is 55.8 Å². The number of aromatic nitrogens is 2. The van der Waals surface area contributed by atoms with Crippen molar-refractivity contribution in [3.8, 4) is 5.69 Å². The van der Waals surface area contributed by atoms with Crippen LogP contribution in [0.3, 0.4) is 0 Å². The Morgan fingerprint density at radius 2 is 1.76 bits per heavy atom. The van der Waals surface area contributed by atoms with Gasteiger partial charge in [-0.15, -0.1) is 0 Å². The van der Waals surface area contributed by atoms with E-state index in [0.717, 1.165) is 6.54 Å². The van der Waals surface area contributed by atoms with Gasteiger partial charge in [0.05, 0.1) is 22.6 Å². The molecule has 2 aromatic carbocycles. The van der Waals surface area contributed by atoms with E-state index in [9.17, 15) is 9.18 Å². The lowest BCUT2D eigenvalue weighted by Gasteiger charge is -2.20. The molecule has 4 nitrogen and oxygen atoms in total. The Kier molecular flexibility index (Phi) is 4.95. The van der Waals surface area contributed by atoms with Crippen LogP contribution >= 0.6 is 0 Å². The number of hydrogen-bond donors (Lipinski definition) is 1.